The number of hydrogen-bond acceptors (Lipinski definition) is 2. The minimum absolute atomic E-state index is 0.600. The quantitative estimate of drug-likeness (QED) is 0.582. The van der Waals surface area contributed by atoms with Gasteiger partial charge in [-0.2, -0.15) is 4.62 Å². The maximum absolute atomic E-state index is 10.7. The van der Waals surface area contributed by atoms with Gasteiger partial charge in [-0.05, 0) is 12.1 Å². The van der Waals surface area contributed by atoms with Gasteiger partial charge in [-0.25, -0.2) is 4.57 Å². The molecule has 0 aliphatic rings. The lowest BCUT2D eigenvalue weighted by Gasteiger charge is -2.00. The molecule has 6 heteroatoms. The monoisotopic (exact) mass is 226 g/mol. The second kappa shape index (κ2) is 3.62. The Morgan fingerprint density at radius 3 is 2.53 bits per heavy atom. The standard InChI is InChI=1S/C9H8NO4P/c11-15(12,13)14-10-7-3-5-8-4-1-2-6-9(8)10/h1-7H,(H-,11,12,13)/p+1. The lowest BCUT2D eigenvalue weighted by atomic mass is 10.2. The Morgan fingerprint density at radius 2 is 1.80 bits per heavy atom. The number of para-hydroxylation sites is 1. The summed E-state index contributed by atoms with van der Waals surface area (Å²) in [6.45, 7) is 0. The summed E-state index contributed by atoms with van der Waals surface area (Å²) in [4.78, 5) is 17.4. The molecule has 2 N–H and O–H groups in total. The summed E-state index contributed by atoms with van der Waals surface area (Å²) in [7, 11) is -4.53. The summed E-state index contributed by atoms with van der Waals surface area (Å²) >= 11 is 0. The first-order valence-electron chi connectivity index (χ1n) is 4.21. The number of pyridine rings is 1. The Balaban J connectivity index is 2.56. The molecule has 1 heterocycles. The van der Waals surface area contributed by atoms with E-state index in [0.717, 1.165) is 10.1 Å². The highest BCUT2D eigenvalue weighted by molar-refractivity contribution is 7.46. The summed E-state index contributed by atoms with van der Waals surface area (Å²) in [6, 6.07) is 10.6. The molecule has 0 saturated carbocycles. The fourth-order valence-electron chi connectivity index (χ4n) is 1.32. The smallest absolute Gasteiger partial charge is 0.290 e. The van der Waals surface area contributed by atoms with Crippen molar-refractivity contribution in [1.82, 2.24) is 0 Å². The minimum atomic E-state index is -4.53. The molecule has 0 saturated heterocycles. The molecule has 2 rings (SSSR count). The average Bonchev–Trinajstić information content (AvgIpc) is 2.16. The first kappa shape index (κ1) is 10.1. The SMILES string of the molecule is O=P(O)(O)O[n+]1cccc2ccccc21. The molecule has 5 nitrogen and oxygen atoms in total. The predicted molar refractivity (Wildman–Crippen MR) is 52.8 cm³/mol. The van der Waals surface area contributed by atoms with Crippen LogP contribution in [0.4, 0.5) is 0 Å². The summed E-state index contributed by atoms with van der Waals surface area (Å²) in [5.74, 6) is 0. The van der Waals surface area contributed by atoms with Gasteiger partial charge in [-0.3, -0.25) is 9.79 Å². The number of aromatic nitrogens is 1. The fraction of sp³-hybridized carbons (Fsp3) is 0. The van der Waals surface area contributed by atoms with E-state index < -0.39 is 7.82 Å². The van der Waals surface area contributed by atoms with Crippen LogP contribution in [0, 0.1) is 0 Å². The van der Waals surface area contributed by atoms with Crippen LogP contribution in [-0.4, -0.2) is 9.79 Å². The number of fused-ring (bicyclic) bond motifs is 1. The van der Waals surface area contributed by atoms with E-state index in [1.54, 1.807) is 18.2 Å². The molecule has 2 aromatic rings. The van der Waals surface area contributed by atoms with Gasteiger partial charge in [-0.1, -0.05) is 12.1 Å². The van der Waals surface area contributed by atoms with E-state index in [0.29, 0.717) is 5.52 Å². The normalized spacial score (nSPS) is 11.6. The van der Waals surface area contributed by atoms with Gasteiger partial charge < -0.3 is 0 Å². The van der Waals surface area contributed by atoms with Gasteiger partial charge >= 0.3 is 7.82 Å². The van der Waals surface area contributed by atoms with Gasteiger partial charge in [0.15, 0.2) is 0 Å². The summed E-state index contributed by atoms with van der Waals surface area (Å²) < 4.78 is 16.3. The van der Waals surface area contributed by atoms with Crippen LogP contribution in [-0.2, 0) is 4.57 Å². The minimum Gasteiger partial charge on any atom is -0.290 e. The molecular formula is C9H9NO4P+. The third-order valence-electron chi connectivity index (χ3n) is 1.87. The van der Waals surface area contributed by atoms with E-state index in [4.69, 9.17) is 9.79 Å². The molecule has 0 aliphatic heterocycles. The van der Waals surface area contributed by atoms with Crippen molar-refractivity contribution in [3.05, 3.63) is 42.6 Å². The number of phosphoric acid groups is 1. The molecule has 0 amide bonds. The van der Waals surface area contributed by atoms with Crippen LogP contribution in [0.5, 0.6) is 0 Å². The van der Waals surface area contributed by atoms with Crippen LogP contribution in [0.3, 0.4) is 0 Å². The molecule has 78 valence electrons. The second-order valence-corrected chi connectivity index (χ2v) is 4.11. The highest BCUT2D eigenvalue weighted by atomic mass is 31.2. The Morgan fingerprint density at radius 1 is 1.13 bits per heavy atom. The number of nitrogens with zero attached hydrogens (tertiary/aromatic N) is 1. The zero-order valence-corrected chi connectivity index (χ0v) is 8.54. The Labute approximate surface area is 85.7 Å². The van der Waals surface area contributed by atoms with E-state index in [1.165, 1.54) is 6.20 Å². The zero-order chi connectivity index (χ0) is 10.9. The molecule has 0 unspecified atom stereocenters. The van der Waals surface area contributed by atoms with E-state index >= 15 is 0 Å². The van der Waals surface area contributed by atoms with Crippen molar-refractivity contribution in [3.8, 4) is 0 Å². The van der Waals surface area contributed by atoms with Crippen molar-refractivity contribution in [1.29, 1.82) is 0 Å². The Hall–Kier alpha value is -1.42. The van der Waals surface area contributed by atoms with Crippen molar-refractivity contribution in [2.75, 3.05) is 0 Å². The summed E-state index contributed by atoms with van der Waals surface area (Å²) in [5.41, 5.74) is 0.600. The van der Waals surface area contributed by atoms with E-state index in [-0.39, 0.29) is 0 Å². The third kappa shape index (κ3) is 2.33. The van der Waals surface area contributed by atoms with Gasteiger partial charge in [0, 0.05) is 16.9 Å². The largest absolute Gasteiger partial charge is 0.581 e. The van der Waals surface area contributed by atoms with Crippen LogP contribution in [0.25, 0.3) is 10.9 Å². The van der Waals surface area contributed by atoms with Gasteiger partial charge in [0.1, 0.15) is 0 Å². The Bertz CT molecular complexity index is 531. The molecule has 0 bridgehead atoms. The van der Waals surface area contributed by atoms with Crippen LogP contribution in [0.2, 0.25) is 0 Å². The molecule has 0 radical (unpaired) electrons. The van der Waals surface area contributed by atoms with E-state index in [9.17, 15) is 4.57 Å². The molecular weight excluding hydrogens is 217 g/mol. The summed E-state index contributed by atoms with van der Waals surface area (Å²) in [6.07, 6.45) is 1.45. The number of hydrogen-bond donors (Lipinski definition) is 2. The highest BCUT2D eigenvalue weighted by Crippen LogP contribution is 2.29. The van der Waals surface area contributed by atoms with Crippen LogP contribution in [0.15, 0.2) is 42.6 Å². The topological polar surface area (TPSA) is 70.6 Å². The van der Waals surface area contributed by atoms with Crippen molar-refractivity contribution in [2.45, 2.75) is 0 Å². The first-order chi connectivity index (χ1) is 7.06. The molecule has 1 aromatic carbocycles. The van der Waals surface area contributed by atoms with Gasteiger partial charge in [0.2, 0.25) is 6.20 Å². The van der Waals surface area contributed by atoms with Gasteiger partial charge in [0.05, 0.1) is 5.39 Å². The zero-order valence-electron chi connectivity index (χ0n) is 7.65. The Kier molecular flexibility index (Phi) is 2.44. The summed E-state index contributed by atoms with van der Waals surface area (Å²) in [5, 5.41) is 0.841. The molecule has 0 fully saturated rings. The van der Waals surface area contributed by atoms with Crippen molar-refractivity contribution >= 4 is 18.7 Å². The fourth-order valence-corrected chi connectivity index (χ4v) is 1.69. The van der Waals surface area contributed by atoms with Crippen molar-refractivity contribution in [2.24, 2.45) is 0 Å². The molecule has 0 spiro atoms. The third-order valence-corrected chi connectivity index (χ3v) is 2.25. The number of rotatable bonds is 2. The van der Waals surface area contributed by atoms with Crippen molar-refractivity contribution in [3.63, 3.8) is 0 Å². The molecule has 15 heavy (non-hydrogen) atoms. The lowest BCUT2D eigenvalue weighted by Crippen LogP contribution is -2.40. The number of benzene rings is 1. The second-order valence-electron chi connectivity index (χ2n) is 2.97. The highest BCUT2D eigenvalue weighted by Gasteiger charge is 2.24. The van der Waals surface area contributed by atoms with E-state index in [1.807, 2.05) is 18.2 Å². The predicted octanol–water partition coefficient (Wildman–Crippen LogP) is 0.649. The maximum atomic E-state index is 10.7. The van der Waals surface area contributed by atoms with Crippen LogP contribution < -0.4 is 9.35 Å². The van der Waals surface area contributed by atoms with Crippen molar-refractivity contribution < 1.29 is 23.7 Å². The van der Waals surface area contributed by atoms with Crippen LogP contribution in [0.1, 0.15) is 0 Å². The average molecular weight is 226 g/mol. The van der Waals surface area contributed by atoms with Gasteiger partial charge in [0.25, 0.3) is 5.52 Å². The molecule has 0 aliphatic carbocycles. The molecule has 1 aromatic heterocycles. The van der Waals surface area contributed by atoms with E-state index in [2.05, 4.69) is 4.62 Å². The lowest BCUT2D eigenvalue weighted by molar-refractivity contribution is -0.839. The maximum Gasteiger partial charge on any atom is 0.581 e. The molecule has 0 atom stereocenters. The first-order valence-corrected chi connectivity index (χ1v) is 5.74. The van der Waals surface area contributed by atoms with Crippen LogP contribution >= 0.6 is 7.82 Å². The van der Waals surface area contributed by atoms with Gasteiger partial charge in [-0.15, -0.1) is 0 Å².